The van der Waals surface area contributed by atoms with Crippen molar-refractivity contribution in [1.82, 2.24) is 15.0 Å². The van der Waals surface area contributed by atoms with Gasteiger partial charge >= 0.3 is 0 Å². The number of benzene rings is 8. The average Bonchev–Trinajstić information content (AvgIpc) is 3.64. The summed E-state index contributed by atoms with van der Waals surface area (Å²) in [5.74, 6) is 1.82. The Balaban J connectivity index is 1.12. The Labute approximate surface area is 306 Å². The molecule has 4 nitrogen and oxygen atoms in total. The molecular formula is C49H31N3O. The fraction of sp³-hybridized carbons (Fsp3) is 0. The Bertz CT molecular complexity index is 2910. The third-order valence-corrected chi connectivity index (χ3v) is 9.98. The smallest absolute Gasteiger partial charge is 0.164 e. The highest BCUT2D eigenvalue weighted by molar-refractivity contribution is 6.15. The van der Waals surface area contributed by atoms with E-state index in [1.165, 1.54) is 21.9 Å². The van der Waals surface area contributed by atoms with E-state index in [0.29, 0.717) is 17.5 Å². The minimum Gasteiger partial charge on any atom is -0.455 e. The first-order valence-electron chi connectivity index (χ1n) is 17.8. The summed E-state index contributed by atoms with van der Waals surface area (Å²) in [5, 5.41) is 4.47. The van der Waals surface area contributed by atoms with E-state index < -0.39 is 0 Å². The van der Waals surface area contributed by atoms with Crippen LogP contribution in [0.25, 0.3) is 100 Å². The van der Waals surface area contributed by atoms with Gasteiger partial charge in [0.25, 0.3) is 0 Å². The summed E-state index contributed by atoms with van der Waals surface area (Å²) >= 11 is 0. The molecule has 0 radical (unpaired) electrons. The molecule has 53 heavy (non-hydrogen) atoms. The van der Waals surface area contributed by atoms with Crippen LogP contribution in [0.2, 0.25) is 0 Å². The van der Waals surface area contributed by atoms with Gasteiger partial charge in [0.1, 0.15) is 11.2 Å². The van der Waals surface area contributed by atoms with E-state index in [-0.39, 0.29) is 0 Å². The summed E-state index contributed by atoms with van der Waals surface area (Å²) in [7, 11) is 0. The highest BCUT2D eigenvalue weighted by Gasteiger charge is 2.21. The van der Waals surface area contributed by atoms with Crippen molar-refractivity contribution in [2.24, 2.45) is 0 Å². The predicted octanol–water partition coefficient (Wildman–Crippen LogP) is 12.9. The number of hydrogen-bond acceptors (Lipinski definition) is 4. The molecule has 10 rings (SSSR count). The summed E-state index contributed by atoms with van der Waals surface area (Å²) in [6.07, 6.45) is 0. The Kier molecular flexibility index (Phi) is 7.43. The maximum Gasteiger partial charge on any atom is 0.164 e. The molecule has 4 heteroatoms. The van der Waals surface area contributed by atoms with Crippen molar-refractivity contribution in [3.8, 4) is 67.5 Å². The van der Waals surface area contributed by atoms with E-state index in [2.05, 4.69) is 140 Å². The molecule has 0 aliphatic carbocycles. The minimum absolute atomic E-state index is 0.593. The summed E-state index contributed by atoms with van der Waals surface area (Å²) in [6, 6.07) is 65.1. The quantitative estimate of drug-likeness (QED) is 0.176. The van der Waals surface area contributed by atoms with Gasteiger partial charge in [-0.1, -0.05) is 170 Å². The first kappa shape index (κ1) is 30.6. The molecule has 10 aromatic rings. The van der Waals surface area contributed by atoms with Crippen LogP contribution >= 0.6 is 0 Å². The number of fused-ring (bicyclic) bond motifs is 4. The van der Waals surface area contributed by atoms with Crippen molar-refractivity contribution in [1.29, 1.82) is 0 Å². The van der Waals surface area contributed by atoms with Crippen molar-refractivity contribution in [3.05, 3.63) is 188 Å². The molecule has 0 atom stereocenters. The van der Waals surface area contributed by atoms with Crippen LogP contribution in [0.5, 0.6) is 0 Å². The first-order chi connectivity index (χ1) is 26.3. The predicted molar refractivity (Wildman–Crippen MR) is 217 cm³/mol. The van der Waals surface area contributed by atoms with E-state index in [9.17, 15) is 0 Å². The molecule has 248 valence electrons. The molecule has 8 aromatic carbocycles. The van der Waals surface area contributed by atoms with E-state index >= 15 is 0 Å². The van der Waals surface area contributed by atoms with Gasteiger partial charge in [0.2, 0.25) is 0 Å². The second-order valence-electron chi connectivity index (χ2n) is 13.2. The maximum atomic E-state index is 6.69. The fourth-order valence-electron chi connectivity index (χ4n) is 7.33. The topological polar surface area (TPSA) is 51.8 Å². The Hall–Kier alpha value is -7.17. The van der Waals surface area contributed by atoms with Crippen molar-refractivity contribution >= 4 is 32.7 Å². The molecule has 2 aromatic heterocycles. The van der Waals surface area contributed by atoms with Gasteiger partial charge in [-0.15, -0.1) is 0 Å². The normalized spacial score (nSPS) is 11.4. The van der Waals surface area contributed by atoms with Gasteiger partial charge in [0, 0.05) is 33.0 Å². The molecular weight excluding hydrogens is 647 g/mol. The standard InChI is InChI=1S/C49H31N3O/c1-3-12-32(13-4-1)33-22-28-38(29-23-33)48-50-47(37-15-5-2-6-16-37)51-49(52-48)43-31-30-41(46-45(43)42-19-9-10-21-44(42)53-46)36-26-24-35(25-27-36)40-20-11-17-34-14-7-8-18-39(34)40/h1-31H. The van der Waals surface area contributed by atoms with Gasteiger partial charge in [0.05, 0.1) is 0 Å². The monoisotopic (exact) mass is 677 g/mol. The number of aromatic nitrogens is 3. The highest BCUT2D eigenvalue weighted by atomic mass is 16.3. The van der Waals surface area contributed by atoms with Gasteiger partial charge < -0.3 is 4.42 Å². The molecule has 0 fully saturated rings. The van der Waals surface area contributed by atoms with Crippen molar-refractivity contribution in [3.63, 3.8) is 0 Å². The van der Waals surface area contributed by atoms with Crippen LogP contribution < -0.4 is 0 Å². The number of para-hydroxylation sites is 1. The fourth-order valence-corrected chi connectivity index (χ4v) is 7.33. The molecule has 0 unspecified atom stereocenters. The second-order valence-corrected chi connectivity index (χ2v) is 13.2. The van der Waals surface area contributed by atoms with E-state index in [0.717, 1.165) is 60.9 Å². The van der Waals surface area contributed by atoms with Crippen LogP contribution in [-0.4, -0.2) is 15.0 Å². The lowest BCUT2D eigenvalue weighted by atomic mass is 9.94. The molecule has 0 saturated carbocycles. The molecule has 0 bridgehead atoms. The van der Waals surface area contributed by atoms with Crippen molar-refractivity contribution < 1.29 is 4.42 Å². The number of nitrogens with zero attached hydrogens (tertiary/aromatic N) is 3. The van der Waals surface area contributed by atoms with Crippen LogP contribution in [0.3, 0.4) is 0 Å². The molecule has 2 heterocycles. The van der Waals surface area contributed by atoms with Crippen molar-refractivity contribution in [2.75, 3.05) is 0 Å². The summed E-state index contributed by atoms with van der Waals surface area (Å²) < 4.78 is 6.69. The van der Waals surface area contributed by atoms with Crippen LogP contribution in [0.4, 0.5) is 0 Å². The summed E-state index contributed by atoms with van der Waals surface area (Å²) in [5.41, 5.74) is 11.1. The van der Waals surface area contributed by atoms with E-state index in [4.69, 9.17) is 19.4 Å². The Morgan fingerprint density at radius 1 is 0.302 bits per heavy atom. The largest absolute Gasteiger partial charge is 0.455 e. The second kappa shape index (κ2) is 12.9. The van der Waals surface area contributed by atoms with Gasteiger partial charge in [-0.3, -0.25) is 0 Å². The van der Waals surface area contributed by atoms with Gasteiger partial charge in [0.15, 0.2) is 17.5 Å². The van der Waals surface area contributed by atoms with Crippen LogP contribution in [0, 0.1) is 0 Å². The van der Waals surface area contributed by atoms with Gasteiger partial charge in [-0.05, 0) is 56.8 Å². The third-order valence-electron chi connectivity index (χ3n) is 9.98. The maximum absolute atomic E-state index is 6.69. The van der Waals surface area contributed by atoms with Gasteiger partial charge in [-0.25, -0.2) is 15.0 Å². The molecule has 0 N–H and O–H groups in total. The summed E-state index contributed by atoms with van der Waals surface area (Å²) in [4.78, 5) is 15.3. The number of furan rings is 1. The third kappa shape index (κ3) is 5.54. The minimum atomic E-state index is 0.593. The zero-order chi connectivity index (χ0) is 35.1. The lowest BCUT2D eigenvalue weighted by Crippen LogP contribution is -2.00. The molecule has 0 saturated heterocycles. The number of rotatable bonds is 6. The lowest BCUT2D eigenvalue weighted by Gasteiger charge is -2.12. The molecule has 0 amide bonds. The number of hydrogen-bond donors (Lipinski definition) is 0. The molecule has 0 spiro atoms. The molecule has 0 aliphatic heterocycles. The SMILES string of the molecule is c1ccc(-c2ccc(-c3nc(-c4ccccc4)nc(-c4ccc(-c5ccc(-c6cccc7ccccc67)cc5)c5oc6ccccc6c45)n3)cc2)cc1. The first-order valence-corrected chi connectivity index (χ1v) is 17.8. The van der Waals surface area contributed by atoms with Crippen LogP contribution in [-0.2, 0) is 0 Å². The highest BCUT2D eigenvalue weighted by Crippen LogP contribution is 2.42. The zero-order valence-electron chi connectivity index (χ0n) is 28.6. The van der Waals surface area contributed by atoms with Crippen molar-refractivity contribution in [2.45, 2.75) is 0 Å². The average molecular weight is 678 g/mol. The Morgan fingerprint density at radius 2 is 0.792 bits per heavy atom. The van der Waals surface area contributed by atoms with E-state index in [1.54, 1.807) is 0 Å². The van der Waals surface area contributed by atoms with Crippen LogP contribution in [0.1, 0.15) is 0 Å². The van der Waals surface area contributed by atoms with Crippen LogP contribution in [0.15, 0.2) is 192 Å². The molecule has 0 aliphatic rings. The lowest BCUT2D eigenvalue weighted by molar-refractivity contribution is 0.670. The Morgan fingerprint density at radius 3 is 1.53 bits per heavy atom. The summed E-state index contributed by atoms with van der Waals surface area (Å²) in [6.45, 7) is 0. The zero-order valence-corrected chi connectivity index (χ0v) is 28.6. The van der Waals surface area contributed by atoms with E-state index in [1.807, 2.05) is 48.5 Å². The van der Waals surface area contributed by atoms with Gasteiger partial charge in [-0.2, -0.15) is 0 Å².